The highest BCUT2D eigenvalue weighted by molar-refractivity contribution is 5.94. The van der Waals surface area contributed by atoms with Crippen LogP contribution in [0.25, 0.3) is 0 Å². The van der Waals surface area contributed by atoms with Crippen LogP contribution < -0.4 is 0 Å². The molecule has 6 heteroatoms. The first kappa shape index (κ1) is 16.0. The number of amides is 1. The number of pyridine rings is 1. The van der Waals surface area contributed by atoms with Crippen molar-refractivity contribution < 1.29 is 13.9 Å². The molecule has 130 valence electrons. The van der Waals surface area contributed by atoms with E-state index in [1.165, 1.54) is 38.2 Å². The summed E-state index contributed by atoms with van der Waals surface area (Å²) in [5.74, 6) is 0.132. The number of rotatable bonds is 3. The van der Waals surface area contributed by atoms with Gasteiger partial charge in [0.2, 0.25) is 0 Å². The Kier molecular flexibility index (Phi) is 4.50. The van der Waals surface area contributed by atoms with Gasteiger partial charge in [0.25, 0.3) is 5.91 Å². The molecule has 3 aliphatic heterocycles. The van der Waals surface area contributed by atoms with E-state index in [1.807, 2.05) is 0 Å². The molecule has 0 unspecified atom stereocenters. The van der Waals surface area contributed by atoms with Crippen molar-refractivity contribution in [2.24, 2.45) is 11.8 Å². The van der Waals surface area contributed by atoms with Crippen molar-refractivity contribution >= 4 is 5.91 Å². The van der Waals surface area contributed by atoms with Gasteiger partial charge in [-0.1, -0.05) is 0 Å². The van der Waals surface area contributed by atoms with Gasteiger partial charge in [-0.15, -0.1) is 0 Å². The van der Waals surface area contributed by atoms with E-state index in [9.17, 15) is 9.18 Å². The predicted octanol–water partition coefficient (Wildman–Crippen LogP) is 1.79. The van der Waals surface area contributed by atoms with E-state index in [2.05, 4.69) is 9.88 Å². The third-order valence-corrected chi connectivity index (χ3v) is 5.72. The minimum atomic E-state index is -0.542. The van der Waals surface area contributed by atoms with Crippen molar-refractivity contribution in [2.75, 3.05) is 39.3 Å². The smallest absolute Gasteiger partial charge is 0.256 e. The zero-order valence-electron chi connectivity index (χ0n) is 13.9. The summed E-state index contributed by atoms with van der Waals surface area (Å²) in [5.41, 5.74) is 0.121. The highest BCUT2D eigenvalue weighted by atomic mass is 19.1. The molecule has 0 spiro atoms. The van der Waals surface area contributed by atoms with Crippen LogP contribution >= 0.6 is 0 Å². The molecule has 4 rings (SSSR count). The van der Waals surface area contributed by atoms with Gasteiger partial charge in [-0.05, 0) is 44.3 Å². The third kappa shape index (κ3) is 3.05. The lowest BCUT2D eigenvalue weighted by Crippen LogP contribution is -2.46. The Balaban J connectivity index is 1.38. The molecule has 3 atom stereocenters. The molecule has 24 heavy (non-hydrogen) atoms. The monoisotopic (exact) mass is 333 g/mol. The van der Waals surface area contributed by atoms with Gasteiger partial charge in [0.05, 0.1) is 24.5 Å². The average molecular weight is 333 g/mol. The number of ether oxygens (including phenoxy) is 1. The molecule has 0 radical (unpaired) electrons. The molecule has 0 aromatic carbocycles. The Bertz CT molecular complexity index is 606. The van der Waals surface area contributed by atoms with Crippen molar-refractivity contribution in [3.63, 3.8) is 0 Å². The SMILES string of the molecule is O=C(c1ccncc1F)N1CC[C@@H]2[C@@H](CO[C@H]2CN2CCCC2)C1. The Labute approximate surface area is 141 Å². The van der Waals surface area contributed by atoms with Gasteiger partial charge in [-0.3, -0.25) is 9.78 Å². The van der Waals surface area contributed by atoms with Crippen LogP contribution in [0.1, 0.15) is 29.6 Å². The Hall–Kier alpha value is -1.53. The first-order valence-corrected chi connectivity index (χ1v) is 8.95. The number of piperidine rings is 1. The maximum Gasteiger partial charge on any atom is 0.256 e. The number of likely N-dealkylation sites (tertiary alicyclic amines) is 2. The minimum absolute atomic E-state index is 0.121. The van der Waals surface area contributed by atoms with E-state index in [1.54, 1.807) is 4.90 Å². The van der Waals surface area contributed by atoms with E-state index in [0.29, 0.717) is 37.6 Å². The largest absolute Gasteiger partial charge is 0.376 e. The summed E-state index contributed by atoms with van der Waals surface area (Å²) in [5, 5.41) is 0. The van der Waals surface area contributed by atoms with E-state index in [0.717, 1.165) is 19.2 Å². The summed E-state index contributed by atoms with van der Waals surface area (Å²) in [7, 11) is 0. The molecule has 3 fully saturated rings. The summed E-state index contributed by atoms with van der Waals surface area (Å²) >= 11 is 0. The fourth-order valence-electron chi connectivity index (χ4n) is 4.40. The lowest BCUT2D eigenvalue weighted by molar-refractivity contribution is 0.0515. The molecule has 0 N–H and O–H groups in total. The van der Waals surface area contributed by atoms with Crippen molar-refractivity contribution in [3.05, 3.63) is 29.8 Å². The number of aromatic nitrogens is 1. The molecule has 3 aliphatic rings. The van der Waals surface area contributed by atoms with Crippen molar-refractivity contribution in [3.8, 4) is 0 Å². The standard InChI is InChI=1S/C18H24FN3O2/c19-16-9-20-5-3-15(16)18(23)22-8-4-14-13(10-22)12-24-17(14)11-21-6-1-2-7-21/h3,5,9,13-14,17H,1-2,4,6-8,10-12H2/t13-,14-,17+/m1/s1. The lowest BCUT2D eigenvalue weighted by atomic mass is 9.84. The van der Waals surface area contributed by atoms with Crippen molar-refractivity contribution in [1.82, 2.24) is 14.8 Å². The van der Waals surface area contributed by atoms with E-state index < -0.39 is 5.82 Å². The molecular weight excluding hydrogens is 309 g/mol. The highest BCUT2D eigenvalue weighted by Gasteiger charge is 2.42. The third-order valence-electron chi connectivity index (χ3n) is 5.72. The van der Waals surface area contributed by atoms with Gasteiger partial charge in [-0.25, -0.2) is 4.39 Å². The maximum absolute atomic E-state index is 13.8. The summed E-state index contributed by atoms with van der Waals surface area (Å²) in [6.07, 6.45) is 6.39. The number of carbonyl (C=O) groups excluding carboxylic acids is 1. The van der Waals surface area contributed by atoms with Crippen LogP contribution in [0.15, 0.2) is 18.5 Å². The second-order valence-corrected chi connectivity index (χ2v) is 7.20. The van der Waals surface area contributed by atoms with Crippen LogP contribution in [0.5, 0.6) is 0 Å². The van der Waals surface area contributed by atoms with Gasteiger partial charge < -0.3 is 14.5 Å². The summed E-state index contributed by atoms with van der Waals surface area (Å²) in [6, 6.07) is 1.46. The molecule has 1 amide bonds. The van der Waals surface area contributed by atoms with Crippen LogP contribution in [0.2, 0.25) is 0 Å². The number of fused-ring (bicyclic) bond motifs is 1. The fraction of sp³-hybridized carbons (Fsp3) is 0.667. The molecule has 4 heterocycles. The topological polar surface area (TPSA) is 45.7 Å². The quantitative estimate of drug-likeness (QED) is 0.846. The molecule has 5 nitrogen and oxygen atoms in total. The summed E-state index contributed by atoms with van der Waals surface area (Å²) in [4.78, 5) is 20.6. The van der Waals surface area contributed by atoms with Gasteiger partial charge >= 0.3 is 0 Å². The number of carbonyl (C=O) groups is 1. The van der Waals surface area contributed by atoms with E-state index >= 15 is 0 Å². The average Bonchev–Trinajstić information content (AvgIpc) is 3.25. The Morgan fingerprint density at radius 1 is 1.33 bits per heavy atom. The van der Waals surface area contributed by atoms with Crippen LogP contribution in [0, 0.1) is 17.7 Å². The number of hydrogen-bond acceptors (Lipinski definition) is 4. The van der Waals surface area contributed by atoms with Gasteiger partial charge in [0, 0.05) is 31.7 Å². The molecule has 3 saturated heterocycles. The zero-order valence-corrected chi connectivity index (χ0v) is 13.9. The molecular formula is C18H24FN3O2. The molecule has 0 saturated carbocycles. The van der Waals surface area contributed by atoms with Gasteiger partial charge in [0.1, 0.15) is 0 Å². The Morgan fingerprint density at radius 3 is 2.96 bits per heavy atom. The van der Waals surface area contributed by atoms with Crippen molar-refractivity contribution in [2.45, 2.75) is 25.4 Å². The number of halogens is 1. The summed E-state index contributed by atoms with van der Waals surface area (Å²) < 4.78 is 19.9. The normalized spacial score (nSPS) is 30.5. The first-order valence-electron chi connectivity index (χ1n) is 8.95. The minimum Gasteiger partial charge on any atom is -0.376 e. The van der Waals surface area contributed by atoms with Crippen molar-refractivity contribution in [1.29, 1.82) is 0 Å². The second-order valence-electron chi connectivity index (χ2n) is 7.20. The molecule has 0 aliphatic carbocycles. The van der Waals surface area contributed by atoms with Crippen LogP contribution in [-0.2, 0) is 4.74 Å². The Morgan fingerprint density at radius 2 is 2.17 bits per heavy atom. The fourth-order valence-corrected chi connectivity index (χ4v) is 4.40. The lowest BCUT2D eigenvalue weighted by Gasteiger charge is -2.36. The predicted molar refractivity (Wildman–Crippen MR) is 87.1 cm³/mol. The number of nitrogens with zero attached hydrogens (tertiary/aromatic N) is 3. The molecule has 0 bridgehead atoms. The molecule has 1 aromatic heterocycles. The number of hydrogen-bond donors (Lipinski definition) is 0. The molecule has 1 aromatic rings. The second kappa shape index (κ2) is 6.76. The van der Waals surface area contributed by atoms with Crippen LogP contribution in [0.4, 0.5) is 4.39 Å². The first-order chi connectivity index (χ1) is 11.7. The maximum atomic E-state index is 13.8. The van der Waals surface area contributed by atoms with E-state index in [4.69, 9.17) is 4.74 Å². The highest BCUT2D eigenvalue weighted by Crippen LogP contribution is 2.35. The van der Waals surface area contributed by atoms with Gasteiger partial charge in [-0.2, -0.15) is 0 Å². The van der Waals surface area contributed by atoms with Gasteiger partial charge in [0.15, 0.2) is 5.82 Å². The summed E-state index contributed by atoms with van der Waals surface area (Å²) in [6.45, 7) is 5.45. The van der Waals surface area contributed by atoms with E-state index in [-0.39, 0.29) is 11.5 Å². The van der Waals surface area contributed by atoms with Crippen LogP contribution in [0.3, 0.4) is 0 Å². The van der Waals surface area contributed by atoms with Crippen LogP contribution in [-0.4, -0.2) is 66.1 Å². The zero-order chi connectivity index (χ0) is 16.5.